The summed E-state index contributed by atoms with van der Waals surface area (Å²) >= 11 is 0. The second-order valence-electron chi connectivity index (χ2n) is 3.62. The van der Waals surface area contributed by atoms with Crippen LogP contribution in [0, 0.1) is 0 Å². The summed E-state index contributed by atoms with van der Waals surface area (Å²) < 4.78 is 10.6. The van der Waals surface area contributed by atoms with Gasteiger partial charge in [0.2, 0.25) is 0 Å². The van der Waals surface area contributed by atoms with Crippen LogP contribution >= 0.6 is 0 Å². The van der Waals surface area contributed by atoms with Gasteiger partial charge in [-0.1, -0.05) is 6.08 Å². The van der Waals surface area contributed by atoms with Gasteiger partial charge in [-0.2, -0.15) is 0 Å². The molecule has 0 spiro atoms. The van der Waals surface area contributed by atoms with Gasteiger partial charge in [0.15, 0.2) is 0 Å². The van der Waals surface area contributed by atoms with Crippen LogP contribution in [0.2, 0.25) is 0 Å². The number of furan rings is 2. The Morgan fingerprint density at radius 2 is 1.62 bits per heavy atom. The lowest BCUT2D eigenvalue weighted by atomic mass is 10.3. The smallest absolute Gasteiger partial charge is 0.117 e. The molecule has 16 heavy (non-hydrogen) atoms. The summed E-state index contributed by atoms with van der Waals surface area (Å²) in [6.45, 7) is 6.09. The lowest BCUT2D eigenvalue weighted by Crippen LogP contribution is -2.22. The first-order chi connectivity index (χ1) is 7.88. The summed E-state index contributed by atoms with van der Waals surface area (Å²) in [5, 5.41) is 0. The van der Waals surface area contributed by atoms with E-state index in [2.05, 4.69) is 11.5 Å². The Morgan fingerprint density at radius 3 is 2.00 bits per heavy atom. The highest BCUT2D eigenvalue weighted by atomic mass is 16.3. The summed E-state index contributed by atoms with van der Waals surface area (Å²) in [6, 6.07) is 7.74. The fourth-order valence-corrected chi connectivity index (χ4v) is 1.61. The third-order valence-electron chi connectivity index (χ3n) is 2.31. The summed E-state index contributed by atoms with van der Waals surface area (Å²) in [5.74, 6) is 1.90. The van der Waals surface area contributed by atoms with Crippen molar-refractivity contribution in [3.05, 3.63) is 61.0 Å². The van der Waals surface area contributed by atoms with Gasteiger partial charge in [0.05, 0.1) is 25.6 Å². The topological polar surface area (TPSA) is 29.5 Å². The number of hydrogen-bond acceptors (Lipinski definition) is 3. The standard InChI is InChI=1S/C13H15NO2/c1-2-7-14(10-12-5-3-8-15-12)11-13-6-4-9-16-13/h2-6,8-9H,1,7,10-11H2. The molecule has 0 atom stereocenters. The molecule has 0 aromatic carbocycles. The van der Waals surface area contributed by atoms with Crippen molar-refractivity contribution in [2.24, 2.45) is 0 Å². The molecule has 2 aromatic rings. The maximum absolute atomic E-state index is 5.32. The van der Waals surface area contributed by atoms with E-state index < -0.39 is 0 Å². The van der Waals surface area contributed by atoms with Crippen LogP contribution < -0.4 is 0 Å². The van der Waals surface area contributed by atoms with Gasteiger partial charge in [-0.3, -0.25) is 4.90 Å². The fourth-order valence-electron chi connectivity index (χ4n) is 1.61. The van der Waals surface area contributed by atoms with Crippen molar-refractivity contribution in [3.63, 3.8) is 0 Å². The predicted molar refractivity (Wildman–Crippen MR) is 61.7 cm³/mol. The molecular weight excluding hydrogens is 202 g/mol. The largest absolute Gasteiger partial charge is 0.468 e. The van der Waals surface area contributed by atoms with Gasteiger partial charge >= 0.3 is 0 Å². The van der Waals surface area contributed by atoms with Crippen molar-refractivity contribution in [1.82, 2.24) is 4.90 Å². The van der Waals surface area contributed by atoms with Gasteiger partial charge in [0, 0.05) is 6.54 Å². The predicted octanol–water partition coefficient (Wildman–Crippen LogP) is 3.06. The van der Waals surface area contributed by atoms with Crippen molar-refractivity contribution in [2.45, 2.75) is 13.1 Å². The van der Waals surface area contributed by atoms with Gasteiger partial charge in [0.25, 0.3) is 0 Å². The van der Waals surface area contributed by atoms with E-state index in [4.69, 9.17) is 8.83 Å². The van der Waals surface area contributed by atoms with Crippen LogP contribution in [0.5, 0.6) is 0 Å². The highest BCUT2D eigenvalue weighted by molar-refractivity contribution is 5.01. The van der Waals surface area contributed by atoms with Crippen molar-refractivity contribution in [1.29, 1.82) is 0 Å². The lowest BCUT2D eigenvalue weighted by Gasteiger charge is -2.17. The molecule has 2 heterocycles. The van der Waals surface area contributed by atoms with E-state index in [1.807, 2.05) is 30.3 Å². The highest BCUT2D eigenvalue weighted by Crippen LogP contribution is 2.10. The molecule has 0 amide bonds. The van der Waals surface area contributed by atoms with Gasteiger partial charge < -0.3 is 8.83 Å². The summed E-state index contributed by atoms with van der Waals surface area (Å²) in [6.07, 6.45) is 5.26. The number of nitrogens with zero attached hydrogens (tertiary/aromatic N) is 1. The minimum Gasteiger partial charge on any atom is -0.468 e. The molecule has 3 nitrogen and oxygen atoms in total. The molecule has 3 heteroatoms. The Kier molecular flexibility index (Phi) is 3.62. The summed E-state index contributed by atoms with van der Waals surface area (Å²) in [5.41, 5.74) is 0. The Labute approximate surface area is 95.0 Å². The molecule has 84 valence electrons. The molecule has 0 aliphatic heterocycles. The number of hydrogen-bond donors (Lipinski definition) is 0. The van der Waals surface area contributed by atoms with E-state index >= 15 is 0 Å². The third kappa shape index (κ3) is 2.87. The first-order valence-corrected chi connectivity index (χ1v) is 5.26. The van der Waals surface area contributed by atoms with E-state index in [9.17, 15) is 0 Å². The van der Waals surface area contributed by atoms with Crippen molar-refractivity contribution < 1.29 is 8.83 Å². The first kappa shape index (κ1) is 10.8. The van der Waals surface area contributed by atoms with Crippen LogP contribution in [-0.2, 0) is 13.1 Å². The fraction of sp³-hybridized carbons (Fsp3) is 0.231. The third-order valence-corrected chi connectivity index (χ3v) is 2.31. The lowest BCUT2D eigenvalue weighted by molar-refractivity contribution is 0.240. The molecule has 0 fully saturated rings. The van der Waals surface area contributed by atoms with Gasteiger partial charge in [0.1, 0.15) is 11.5 Å². The van der Waals surface area contributed by atoms with Crippen LogP contribution in [0.4, 0.5) is 0 Å². The molecule has 2 rings (SSSR count). The average molecular weight is 217 g/mol. The van der Waals surface area contributed by atoms with E-state index in [1.54, 1.807) is 12.5 Å². The normalized spacial score (nSPS) is 10.8. The molecule has 0 N–H and O–H groups in total. The van der Waals surface area contributed by atoms with Crippen LogP contribution in [0.25, 0.3) is 0 Å². The molecule has 0 aliphatic carbocycles. The Bertz CT molecular complexity index is 367. The zero-order valence-corrected chi connectivity index (χ0v) is 9.13. The monoisotopic (exact) mass is 217 g/mol. The molecule has 2 aromatic heterocycles. The first-order valence-electron chi connectivity index (χ1n) is 5.26. The van der Waals surface area contributed by atoms with Gasteiger partial charge in [-0.25, -0.2) is 0 Å². The van der Waals surface area contributed by atoms with Crippen LogP contribution in [0.15, 0.2) is 58.3 Å². The van der Waals surface area contributed by atoms with E-state index in [1.165, 1.54) is 0 Å². The van der Waals surface area contributed by atoms with Crippen LogP contribution in [0.3, 0.4) is 0 Å². The van der Waals surface area contributed by atoms with E-state index in [-0.39, 0.29) is 0 Å². The SMILES string of the molecule is C=CCN(Cc1ccco1)Cc1ccco1. The maximum Gasteiger partial charge on any atom is 0.117 e. The maximum atomic E-state index is 5.32. The molecule has 0 bridgehead atoms. The number of rotatable bonds is 6. The quantitative estimate of drug-likeness (QED) is 0.696. The Balaban J connectivity index is 1.97. The molecule has 0 unspecified atom stereocenters. The van der Waals surface area contributed by atoms with Crippen LogP contribution in [0.1, 0.15) is 11.5 Å². The van der Waals surface area contributed by atoms with Gasteiger partial charge in [-0.05, 0) is 24.3 Å². The summed E-state index contributed by atoms with van der Waals surface area (Å²) in [7, 11) is 0. The Hall–Kier alpha value is -1.74. The minimum absolute atomic E-state index is 0.764. The summed E-state index contributed by atoms with van der Waals surface area (Å²) in [4.78, 5) is 2.20. The van der Waals surface area contributed by atoms with E-state index in [0.29, 0.717) is 0 Å². The van der Waals surface area contributed by atoms with Gasteiger partial charge in [-0.15, -0.1) is 6.58 Å². The molecule has 0 radical (unpaired) electrons. The molecular formula is C13H15NO2. The highest BCUT2D eigenvalue weighted by Gasteiger charge is 2.08. The van der Waals surface area contributed by atoms with Crippen molar-refractivity contribution in [3.8, 4) is 0 Å². The minimum atomic E-state index is 0.764. The second-order valence-corrected chi connectivity index (χ2v) is 3.62. The van der Waals surface area contributed by atoms with E-state index in [0.717, 1.165) is 31.2 Å². The zero-order chi connectivity index (χ0) is 11.2. The average Bonchev–Trinajstić information content (AvgIpc) is 2.91. The van der Waals surface area contributed by atoms with Crippen molar-refractivity contribution in [2.75, 3.05) is 6.54 Å². The van der Waals surface area contributed by atoms with Crippen LogP contribution in [-0.4, -0.2) is 11.4 Å². The molecule has 0 saturated heterocycles. The second kappa shape index (κ2) is 5.37. The molecule has 0 saturated carbocycles. The Morgan fingerprint density at radius 1 is 1.06 bits per heavy atom. The molecule has 0 aliphatic rings. The van der Waals surface area contributed by atoms with Crippen molar-refractivity contribution >= 4 is 0 Å². The zero-order valence-electron chi connectivity index (χ0n) is 9.13.